The average molecular weight is 217 g/mol. The van der Waals surface area contributed by atoms with Crippen LogP contribution in [0.25, 0.3) is 0 Å². The van der Waals surface area contributed by atoms with Gasteiger partial charge >= 0.3 is 0 Å². The molecule has 0 aromatic heterocycles. The van der Waals surface area contributed by atoms with Crippen molar-refractivity contribution >= 4 is 11.6 Å². The molecule has 0 saturated heterocycles. The molecule has 0 saturated carbocycles. The van der Waals surface area contributed by atoms with E-state index in [2.05, 4.69) is 9.99 Å². The molecule has 0 aromatic carbocycles. The van der Waals surface area contributed by atoms with E-state index < -0.39 is 11.9 Å². The number of primary amides is 1. The quantitative estimate of drug-likeness (QED) is 0.425. The predicted molar refractivity (Wildman–Crippen MR) is 52.3 cm³/mol. The zero-order chi connectivity index (χ0) is 11.8. The monoisotopic (exact) mass is 217 g/mol. The number of nitrogens with zero attached hydrogens (tertiary/aromatic N) is 2. The summed E-state index contributed by atoms with van der Waals surface area (Å²) in [5.74, 6) is -0.755. The highest BCUT2D eigenvalue weighted by Crippen LogP contribution is 1.94. The van der Waals surface area contributed by atoms with Gasteiger partial charge in [-0.1, -0.05) is 16.5 Å². The summed E-state index contributed by atoms with van der Waals surface area (Å²) in [6.45, 7) is 3.51. The van der Waals surface area contributed by atoms with Crippen LogP contribution in [0.1, 0.15) is 13.8 Å². The van der Waals surface area contributed by atoms with Crippen molar-refractivity contribution in [1.82, 2.24) is 5.23 Å². The second kappa shape index (κ2) is 6.93. The first-order valence-corrected chi connectivity index (χ1v) is 4.34. The Balaban J connectivity index is 4.48. The number of hydroxylamine groups is 2. The topological polar surface area (TPSA) is 108 Å². The second-order valence-corrected chi connectivity index (χ2v) is 2.68. The highest BCUT2D eigenvalue weighted by atomic mass is 16.8. The fraction of sp³-hybridized carbons (Fsp3) is 0.500. The fourth-order valence-corrected chi connectivity index (χ4v) is 0.599. The summed E-state index contributed by atoms with van der Waals surface area (Å²) in [7, 11) is 0. The normalized spacial score (nSPS) is 14.6. The van der Waals surface area contributed by atoms with Gasteiger partial charge in [0.25, 0.3) is 5.91 Å². The van der Waals surface area contributed by atoms with E-state index in [-0.39, 0.29) is 10.9 Å². The van der Waals surface area contributed by atoms with Crippen LogP contribution in [-0.4, -0.2) is 39.9 Å². The lowest BCUT2D eigenvalue weighted by Gasteiger charge is -2.10. The number of carbonyl (C=O) groups is 1. The molecule has 4 N–H and O–H groups in total. The summed E-state index contributed by atoms with van der Waals surface area (Å²) in [5.41, 5.74) is 4.91. The SMILES string of the molecule is CCON=C(C=CC(C)N(O)O)C(N)=O. The minimum Gasteiger partial charge on any atom is -0.395 e. The zero-order valence-corrected chi connectivity index (χ0v) is 8.62. The molecular formula is C8H15N3O4. The first kappa shape index (κ1) is 13.6. The van der Waals surface area contributed by atoms with Gasteiger partial charge in [-0.2, -0.15) is 0 Å². The second-order valence-electron chi connectivity index (χ2n) is 2.68. The van der Waals surface area contributed by atoms with Gasteiger partial charge in [-0.15, -0.1) is 0 Å². The van der Waals surface area contributed by atoms with Crippen LogP contribution >= 0.6 is 0 Å². The Morgan fingerprint density at radius 2 is 2.27 bits per heavy atom. The third kappa shape index (κ3) is 5.78. The third-order valence-electron chi connectivity index (χ3n) is 1.44. The van der Waals surface area contributed by atoms with Crippen LogP contribution in [0.2, 0.25) is 0 Å². The lowest BCUT2D eigenvalue weighted by atomic mass is 10.2. The van der Waals surface area contributed by atoms with Gasteiger partial charge in [0.2, 0.25) is 0 Å². The Hall–Kier alpha value is -1.44. The van der Waals surface area contributed by atoms with Crippen LogP contribution in [-0.2, 0) is 9.63 Å². The number of hydrogen-bond acceptors (Lipinski definition) is 6. The number of carbonyl (C=O) groups excluding carboxylic acids is 1. The van der Waals surface area contributed by atoms with E-state index in [9.17, 15) is 4.79 Å². The molecular weight excluding hydrogens is 202 g/mol. The maximum atomic E-state index is 10.8. The standard InChI is InChI=1S/C8H15N3O4/c1-3-15-10-7(8(9)12)5-4-6(2)11(13)14/h4-6,13-14H,3H2,1-2H3,(H2,9,12). The Morgan fingerprint density at radius 1 is 1.67 bits per heavy atom. The molecule has 0 aliphatic heterocycles. The van der Waals surface area contributed by atoms with Crippen LogP contribution in [0.15, 0.2) is 17.3 Å². The van der Waals surface area contributed by atoms with Crippen molar-refractivity contribution in [2.75, 3.05) is 6.61 Å². The molecule has 7 nitrogen and oxygen atoms in total. The van der Waals surface area contributed by atoms with Crippen LogP contribution in [0, 0.1) is 0 Å². The molecule has 0 heterocycles. The van der Waals surface area contributed by atoms with Crippen molar-refractivity contribution in [2.24, 2.45) is 10.9 Å². The smallest absolute Gasteiger partial charge is 0.270 e. The summed E-state index contributed by atoms with van der Waals surface area (Å²) < 4.78 is 0. The molecule has 0 spiro atoms. The Bertz CT molecular complexity index is 263. The lowest BCUT2D eigenvalue weighted by molar-refractivity contribution is -0.320. The van der Waals surface area contributed by atoms with E-state index in [4.69, 9.17) is 16.1 Å². The molecule has 1 amide bonds. The molecule has 0 bridgehead atoms. The predicted octanol–water partition coefficient (Wildman–Crippen LogP) is -0.111. The van der Waals surface area contributed by atoms with Gasteiger partial charge in [0.15, 0.2) is 5.71 Å². The van der Waals surface area contributed by atoms with E-state index in [1.54, 1.807) is 6.92 Å². The maximum Gasteiger partial charge on any atom is 0.270 e. The van der Waals surface area contributed by atoms with Gasteiger partial charge in [0.05, 0.1) is 6.04 Å². The van der Waals surface area contributed by atoms with E-state index in [0.717, 1.165) is 0 Å². The van der Waals surface area contributed by atoms with Gasteiger partial charge in [-0.25, -0.2) is 0 Å². The molecule has 0 aliphatic rings. The molecule has 1 unspecified atom stereocenters. The van der Waals surface area contributed by atoms with Crippen LogP contribution < -0.4 is 5.73 Å². The highest BCUT2D eigenvalue weighted by Gasteiger charge is 2.07. The first-order valence-electron chi connectivity index (χ1n) is 4.34. The van der Waals surface area contributed by atoms with Crippen LogP contribution in [0.3, 0.4) is 0 Å². The van der Waals surface area contributed by atoms with Gasteiger partial charge in [-0.05, 0) is 19.9 Å². The van der Waals surface area contributed by atoms with Gasteiger partial charge < -0.3 is 10.6 Å². The molecule has 0 fully saturated rings. The molecule has 0 rings (SSSR count). The molecule has 7 heteroatoms. The van der Waals surface area contributed by atoms with E-state index in [1.807, 2.05) is 0 Å². The summed E-state index contributed by atoms with van der Waals surface area (Å²) in [4.78, 5) is 15.5. The van der Waals surface area contributed by atoms with Crippen molar-refractivity contribution in [1.29, 1.82) is 0 Å². The molecule has 15 heavy (non-hydrogen) atoms. The van der Waals surface area contributed by atoms with E-state index in [1.165, 1.54) is 19.1 Å². The van der Waals surface area contributed by atoms with Crippen molar-refractivity contribution in [3.63, 3.8) is 0 Å². The minimum absolute atomic E-state index is 0.00418. The minimum atomic E-state index is -0.755. The van der Waals surface area contributed by atoms with E-state index in [0.29, 0.717) is 6.61 Å². The maximum absolute atomic E-state index is 10.8. The first-order chi connectivity index (χ1) is 6.99. The highest BCUT2D eigenvalue weighted by molar-refractivity contribution is 6.42. The van der Waals surface area contributed by atoms with Gasteiger partial charge in [-0.3, -0.25) is 15.2 Å². The summed E-state index contributed by atoms with van der Waals surface area (Å²) in [6, 6.07) is -0.684. The third-order valence-corrected chi connectivity index (χ3v) is 1.44. The van der Waals surface area contributed by atoms with Gasteiger partial charge in [0, 0.05) is 0 Å². The number of hydrogen-bond donors (Lipinski definition) is 3. The molecule has 86 valence electrons. The zero-order valence-electron chi connectivity index (χ0n) is 8.62. The van der Waals surface area contributed by atoms with Crippen molar-refractivity contribution in [3.8, 4) is 0 Å². The largest absolute Gasteiger partial charge is 0.395 e. The number of amides is 1. The number of rotatable bonds is 6. The lowest BCUT2D eigenvalue weighted by Crippen LogP contribution is -2.26. The molecule has 0 radical (unpaired) electrons. The van der Waals surface area contributed by atoms with Crippen molar-refractivity contribution < 1.29 is 20.0 Å². The van der Waals surface area contributed by atoms with Gasteiger partial charge in [0.1, 0.15) is 6.61 Å². The average Bonchev–Trinajstić information content (AvgIpc) is 2.16. The summed E-state index contributed by atoms with van der Waals surface area (Å²) >= 11 is 0. The Morgan fingerprint density at radius 3 is 2.67 bits per heavy atom. The summed E-state index contributed by atoms with van der Waals surface area (Å²) in [6.07, 6.45) is 2.59. The van der Waals surface area contributed by atoms with Crippen LogP contribution in [0.4, 0.5) is 0 Å². The molecule has 0 aromatic rings. The van der Waals surface area contributed by atoms with Crippen molar-refractivity contribution in [3.05, 3.63) is 12.2 Å². The molecule has 1 atom stereocenters. The summed E-state index contributed by atoms with van der Waals surface area (Å²) in [5, 5.41) is 20.6. The van der Waals surface area contributed by atoms with Crippen LogP contribution in [0.5, 0.6) is 0 Å². The fourth-order valence-electron chi connectivity index (χ4n) is 0.599. The van der Waals surface area contributed by atoms with Crippen molar-refractivity contribution in [2.45, 2.75) is 19.9 Å². The number of nitrogens with two attached hydrogens (primary N) is 1. The molecule has 0 aliphatic carbocycles. The number of oxime groups is 1. The Labute approximate surface area is 87.3 Å². The Kier molecular flexibility index (Phi) is 6.27. The van der Waals surface area contributed by atoms with E-state index >= 15 is 0 Å².